The molecule has 0 aromatic carbocycles. The van der Waals surface area contributed by atoms with Crippen LogP contribution in [0.25, 0.3) is 0 Å². The largest absolute Gasteiger partial charge is 0.433 e. The molecule has 0 radical (unpaired) electrons. The molecule has 8 nitrogen and oxygen atoms in total. The van der Waals surface area contributed by atoms with E-state index in [-0.39, 0.29) is 36.4 Å². The third kappa shape index (κ3) is 4.61. The van der Waals surface area contributed by atoms with E-state index in [9.17, 15) is 18.0 Å². The lowest BCUT2D eigenvalue weighted by atomic mass is 10.1. The van der Waals surface area contributed by atoms with Gasteiger partial charge in [-0.25, -0.2) is 4.98 Å². The highest BCUT2D eigenvalue weighted by Crippen LogP contribution is 2.34. The molecule has 2 atom stereocenters. The van der Waals surface area contributed by atoms with E-state index >= 15 is 0 Å². The Bertz CT molecular complexity index is 771. The minimum absolute atomic E-state index is 0.00732. The summed E-state index contributed by atoms with van der Waals surface area (Å²) in [6, 6.07) is 1.13. The molecular weight excluding hydrogens is 401 g/mol. The van der Waals surface area contributed by atoms with Crippen molar-refractivity contribution in [3.05, 3.63) is 11.8 Å². The van der Waals surface area contributed by atoms with Crippen LogP contribution in [0.4, 0.5) is 24.9 Å². The Kier molecular flexibility index (Phi) is 6.01. The van der Waals surface area contributed by atoms with Gasteiger partial charge in [0.25, 0.3) is 0 Å². The number of nitrogens with zero attached hydrogens (tertiary/aromatic N) is 5. The number of aromatic nitrogens is 2. The van der Waals surface area contributed by atoms with Crippen LogP contribution in [0.1, 0.15) is 25.5 Å². The Labute approximate surface area is 173 Å². The summed E-state index contributed by atoms with van der Waals surface area (Å²) in [4.78, 5) is 25.8. The fourth-order valence-electron chi connectivity index (χ4n) is 3.94. The molecule has 3 saturated heterocycles. The normalized spacial score (nSPS) is 24.9. The van der Waals surface area contributed by atoms with Crippen LogP contribution >= 0.6 is 0 Å². The Morgan fingerprint density at radius 3 is 2.60 bits per heavy atom. The molecule has 1 amide bonds. The van der Waals surface area contributed by atoms with E-state index in [1.807, 2.05) is 6.92 Å². The second kappa shape index (κ2) is 8.54. The number of nitrogens with one attached hydrogen (secondary N) is 1. The van der Waals surface area contributed by atoms with Crippen LogP contribution in [0, 0.1) is 0 Å². The van der Waals surface area contributed by atoms with Crippen LogP contribution in [0.2, 0.25) is 0 Å². The summed E-state index contributed by atoms with van der Waals surface area (Å²) in [6.45, 7) is 6.40. The summed E-state index contributed by atoms with van der Waals surface area (Å²) in [5, 5.41) is 3.19. The van der Waals surface area contributed by atoms with Gasteiger partial charge in [-0.1, -0.05) is 0 Å². The number of rotatable bonds is 5. The second-order valence-electron chi connectivity index (χ2n) is 8.04. The molecule has 3 fully saturated rings. The van der Waals surface area contributed by atoms with Gasteiger partial charge < -0.3 is 24.8 Å². The zero-order valence-electron chi connectivity index (χ0n) is 17.0. The summed E-state index contributed by atoms with van der Waals surface area (Å²) in [7, 11) is 0. The maximum Gasteiger partial charge on any atom is 0.433 e. The van der Waals surface area contributed by atoms with Crippen molar-refractivity contribution in [1.29, 1.82) is 0 Å². The molecule has 0 spiro atoms. The molecule has 0 saturated carbocycles. The summed E-state index contributed by atoms with van der Waals surface area (Å²) in [5.41, 5.74) is -0.931. The quantitative estimate of drug-likeness (QED) is 0.754. The van der Waals surface area contributed by atoms with Crippen molar-refractivity contribution in [3.63, 3.8) is 0 Å². The van der Waals surface area contributed by atoms with E-state index in [2.05, 4.69) is 15.3 Å². The van der Waals surface area contributed by atoms with Gasteiger partial charge in [0.2, 0.25) is 11.9 Å². The second-order valence-corrected chi connectivity index (χ2v) is 8.04. The molecule has 30 heavy (non-hydrogen) atoms. The number of anilines is 2. The Morgan fingerprint density at radius 2 is 1.97 bits per heavy atom. The lowest BCUT2D eigenvalue weighted by molar-refractivity contribution is -0.141. The lowest BCUT2D eigenvalue weighted by Gasteiger charge is -2.39. The van der Waals surface area contributed by atoms with Crippen LogP contribution in [-0.2, 0) is 15.7 Å². The van der Waals surface area contributed by atoms with Crippen LogP contribution < -0.4 is 15.1 Å². The predicted octanol–water partition coefficient (Wildman–Crippen LogP) is 1.12. The first-order valence-electron chi connectivity index (χ1n) is 10.4. The Morgan fingerprint density at radius 1 is 1.20 bits per heavy atom. The molecule has 1 aromatic rings. The number of amides is 1. The number of carbonyl (C=O) groups excluding carboxylic acids is 1. The molecule has 0 aliphatic carbocycles. The highest BCUT2D eigenvalue weighted by molar-refractivity contribution is 5.77. The molecular formula is C19H27F3N6O2. The summed E-state index contributed by atoms with van der Waals surface area (Å²) in [6.07, 6.45) is -3.20. The average molecular weight is 428 g/mol. The third-order valence-corrected chi connectivity index (χ3v) is 5.95. The number of hydrogen-bond donors (Lipinski definition) is 1. The molecule has 11 heteroatoms. The van der Waals surface area contributed by atoms with E-state index in [0.29, 0.717) is 39.1 Å². The van der Waals surface area contributed by atoms with E-state index in [0.717, 1.165) is 25.6 Å². The van der Waals surface area contributed by atoms with Gasteiger partial charge in [0, 0.05) is 57.9 Å². The van der Waals surface area contributed by atoms with Crippen LogP contribution in [0.3, 0.4) is 0 Å². The van der Waals surface area contributed by atoms with Crippen molar-refractivity contribution in [2.24, 2.45) is 0 Å². The fraction of sp³-hybridized carbons (Fsp3) is 0.737. The molecule has 0 bridgehead atoms. The first-order valence-corrected chi connectivity index (χ1v) is 10.4. The summed E-state index contributed by atoms with van der Waals surface area (Å²) < 4.78 is 45.9. The highest BCUT2D eigenvalue weighted by atomic mass is 19.4. The molecule has 4 rings (SSSR count). The van der Waals surface area contributed by atoms with E-state index in [1.165, 1.54) is 0 Å². The highest BCUT2D eigenvalue weighted by Gasteiger charge is 2.37. The number of halogens is 3. The van der Waals surface area contributed by atoms with Gasteiger partial charge in [-0.2, -0.15) is 18.2 Å². The third-order valence-electron chi connectivity index (χ3n) is 5.95. The molecule has 1 N–H and O–H groups in total. The Hall–Kier alpha value is -2.14. The Balaban J connectivity index is 1.40. The van der Waals surface area contributed by atoms with Gasteiger partial charge in [0.15, 0.2) is 5.69 Å². The van der Waals surface area contributed by atoms with Crippen LogP contribution in [0.15, 0.2) is 6.07 Å². The van der Waals surface area contributed by atoms with Gasteiger partial charge in [-0.15, -0.1) is 0 Å². The molecule has 4 heterocycles. The van der Waals surface area contributed by atoms with Crippen molar-refractivity contribution in [2.75, 3.05) is 62.2 Å². The molecule has 3 aliphatic heterocycles. The van der Waals surface area contributed by atoms with E-state index in [4.69, 9.17) is 4.74 Å². The smallest absolute Gasteiger partial charge is 0.366 e. The van der Waals surface area contributed by atoms with Crippen molar-refractivity contribution in [3.8, 4) is 0 Å². The van der Waals surface area contributed by atoms with Gasteiger partial charge in [0.05, 0.1) is 6.10 Å². The minimum atomic E-state index is -4.54. The standard InChI is InChI=1S/C19H27F3N6O2/c1-13-2-7-28(13)18-24-15(19(20,21)22)10-16(25-18)27-6-3-14(11-27)30-12-17(29)26-8-4-23-5-9-26/h10,13-14,23H,2-9,11-12H2,1H3/t13-,14-/m0/s1. The van der Waals surface area contributed by atoms with E-state index in [1.54, 1.807) is 14.7 Å². The van der Waals surface area contributed by atoms with Crippen LogP contribution in [0.5, 0.6) is 0 Å². The minimum Gasteiger partial charge on any atom is -0.366 e. The SMILES string of the molecule is C[C@H]1CCN1c1nc(N2CC[C@H](OCC(=O)N3CCNCC3)C2)cc(C(F)(F)F)n1. The lowest BCUT2D eigenvalue weighted by Crippen LogP contribution is -2.48. The maximum absolute atomic E-state index is 13.4. The first-order chi connectivity index (χ1) is 14.3. The topological polar surface area (TPSA) is 73.8 Å². The summed E-state index contributed by atoms with van der Waals surface area (Å²) in [5.74, 6) is 0.327. The number of ether oxygens (including phenoxy) is 1. The summed E-state index contributed by atoms with van der Waals surface area (Å²) >= 11 is 0. The van der Waals surface area contributed by atoms with Gasteiger partial charge in [-0.05, 0) is 19.8 Å². The van der Waals surface area contributed by atoms with Gasteiger partial charge >= 0.3 is 6.18 Å². The zero-order chi connectivity index (χ0) is 21.3. The first kappa shape index (κ1) is 21.1. The average Bonchev–Trinajstić information content (AvgIpc) is 3.20. The zero-order valence-corrected chi connectivity index (χ0v) is 17.0. The van der Waals surface area contributed by atoms with Gasteiger partial charge in [0.1, 0.15) is 12.4 Å². The molecule has 1 aromatic heterocycles. The molecule has 166 valence electrons. The van der Waals surface area contributed by atoms with E-state index < -0.39 is 11.9 Å². The predicted molar refractivity (Wildman–Crippen MR) is 104 cm³/mol. The van der Waals surface area contributed by atoms with Crippen LogP contribution in [-0.4, -0.2) is 85.3 Å². The van der Waals surface area contributed by atoms with Crippen molar-refractivity contribution >= 4 is 17.7 Å². The monoisotopic (exact) mass is 428 g/mol. The molecule has 3 aliphatic rings. The molecule has 0 unspecified atom stereocenters. The number of alkyl halides is 3. The number of piperazine rings is 1. The maximum atomic E-state index is 13.4. The fourth-order valence-corrected chi connectivity index (χ4v) is 3.94. The van der Waals surface area contributed by atoms with Crippen molar-refractivity contribution in [2.45, 2.75) is 38.1 Å². The van der Waals surface area contributed by atoms with Crippen molar-refractivity contribution < 1.29 is 22.7 Å². The number of carbonyl (C=O) groups is 1. The van der Waals surface area contributed by atoms with Crippen molar-refractivity contribution in [1.82, 2.24) is 20.2 Å². The van der Waals surface area contributed by atoms with Gasteiger partial charge in [-0.3, -0.25) is 4.79 Å². The number of hydrogen-bond acceptors (Lipinski definition) is 7.